The summed E-state index contributed by atoms with van der Waals surface area (Å²) in [5.41, 5.74) is 0.711. The van der Waals surface area contributed by atoms with Crippen molar-refractivity contribution in [1.29, 1.82) is 0 Å². The molecule has 0 heteroatoms. The smallest absolute Gasteiger partial charge is 0.0272 e. The van der Waals surface area contributed by atoms with Crippen LogP contribution in [-0.4, -0.2) is 0 Å². The van der Waals surface area contributed by atoms with Crippen molar-refractivity contribution in [2.75, 3.05) is 0 Å². The van der Waals surface area contributed by atoms with Crippen molar-refractivity contribution in [3.05, 3.63) is 0 Å². The third-order valence-corrected chi connectivity index (χ3v) is 4.64. The van der Waals surface area contributed by atoms with Gasteiger partial charge >= 0.3 is 0 Å². The number of rotatable bonds is 1. The Bertz CT molecular complexity index is 159. The Hall–Kier alpha value is 0. The summed E-state index contributed by atoms with van der Waals surface area (Å²) in [5, 5.41) is 0. The lowest BCUT2D eigenvalue weighted by Crippen LogP contribution is -2.35. The van der Waals surface area contributed by atoms with Gasteiger partial charge in [0.1, 0.15) is 0 Å². The molecule has 2 rings (SSSR count). The van der Waals surface area contributed by atoms with Crippen molar-refractivity contribution in [3.8, 4) is 0 Å². The zero-order valence-electron chi connectivity index (χ0n) is 8.06. The molecule has 0 aromatic carbocycles. The van der Waals surface area contributed by atoms with E-state index in [1.165, 1.54) is 25.7 Å². The Kier molecular flexibility index (Phi) is 1.56. The van der Waals surface area contributed by atoms with E-state index in [1.54, 1.807) is 0 Å². The van der Waals surface area contributed by atoms with Crippen LogP contribution in [0.2, 0.25) is 0 Å². The van der Waals surface area contributed by atoms with Crippen molar-refractivity contribution in [1.82, 2.24) is 0 Å². The van der Waals surface area contributed by atoms with Gasteiger partial charge in [0.2, 0.25) is 0 Å². The molecule has 2 fully saturated rings. The monoisotopic (exact) mass is 152 g/mol. The summed E-state index contributed by atoms with van der Waals surface area (Å²) < 4.78 is 0. The molecular formula is C11H20. The van der Waals surface area contributed by atoms with E-state index in [0.29, 0.717) is 5.41 Å². The van der Waals surface area contributed by atoms with Gasteiger partial charge in [-0.3, -0.25) is 0 Å². The maximum Gasteiger partial charge on any atom is -0.0272 e. The minimum Gasteiger partial charge on any atom is -0.0622 e. The van der Waals surface area contributed by atoms with E-state index < -0.39 is 0 Å². The summed E-state index contributed by atoms with van der Waals surface area (Å²) >= 11 is 0. The summed E-state index contributed by atoms with van der Waals surface area (Å²) in [6.07, 6.45) is 6.09. The minimum atomic E-state index is 0.711. The summed E-state index contributed by atoms with van der Waals surface area (Å²) in [4.78, 5) is 0. The van der Waals surface area contributed by atoms with Gasteiger partial charge in [-0.05, 0) is 48.9 Å². The molecule has 0 aromatic rings. The molecule has 0 spiro atoms. The molecule has 2 aliphatic carbocycles. The van der Waals surface area contributed by atoms with Gasteiger partial charge < -0.3 is 0 Å². The third kappa shape index (κ3) is 0.878. The van der Waals surface area contributed by atoms with Crippen LogP contribution in [0.3, 0.4) is 0 Å². The van der Waals surface area contributed by atoms with Crippen LogP contribution in [-0.2, 0) is 0 Å². The molecule has 64 valence electrons. The van der Waals surface area contributed by atoms with Gasteiger partial charge in [0.25, 0.3) is 0 Å². The molecule has 0 amide bonds. The van der Waals surface area contributed by atoms with Gasteiger partial charge in [0.05, 0.1) is 0 Å². The fourth-order valence-electron chi connectivity index (χ4n) is 3.18. The predicted octanol–water partition coefficient (Wildman–Crippen LogP) is 3.47. The molecule has 11 heavy (non-hydrogen) atoms. The van der Waals surface area contributed by atoms with Crippen LogP contribution in [0.1, 0.15) is 46.5 Å². The molecule has 0 saturated heterocycles. The van der Waals surface area contributed by atoms with E-state index in [9.17, 15) is 0 Å². The van der Waals surface area contributed by atoms with Crippen molar-refractivity contribution in [3.63, 3.8) is 0 Å². The van der Waals surface area contributed by atoms with E-state index in [0.717, 1.165) is 17.8 Å². The van der Waals surface area contributed by atoms with Gasteiger partial charge in [0.15, 0.2) is 0 Å². The largest absolute Gasteiger partial charge is 0.0622 e. The highest BCUT2D eigenvalue weighted by Crippen LogP contribution is 2.60. The molecule has 1 unspecified atom stereocenters. The number of fused-ring (bicyclic) bond motifs is 1. The first-order chi connectivity index (χ1) is 5.14. The zero-order chi connectivity index (χ0) is 8.06. The maximum absolute atomic E-state index is 2.52. The molecular weight excluding hydrogens is 132 g/mol. The van der Waals surface area contributed by atoms with Gasteiger partial charge in [-0.1, -0.05) is 20.8 Å². The van der Waals surface area contributed by atoms with E-state index in [-0.39, 0.29) is 0 Å². The van der Waals surface area contributed by atoms with Crippen LogP contribution in [0.25, 0.3) is 0 Å². The third-order valence-electron chi connectivity index (χ3n) is 4.64. The molecule has 0 aromatic heterocycles. The van der Waals surface area contributed by atoms with Crippen LogP contribution in [0.15, 0.2) is 0 Å². The molecule has 0 N–H and O–H groups in total. The Morgan fingerprint density at radius 3 is 2.18 bits per heavy atom. The summed E-state index contributed by atoms with van der Waals surface area (Å²) in [7, 11) is 0. The fourth-order valence-corrected chi connectivity index (χ4v) is 3.18. The highest BCUT2D eigenvalue weighted by Gasteiger charge is 2.50. The van der Waals surface area contributed by atoms with Crippen molar-refractivity contribution in [2.45, 2.75) is 46.5 Å². The Morgan fingerprint density at radius 2 is 1.91 bits per heavy atom. The second-order valence-corrected chi connectivity index (χ2v) is 5.14. The van der Waals surface area contributed by atoms with Crippen LogP contribution in [0.5, 0.6) is 0 Å². The lowest BCUT2D eigenvalue weighted by atomic mass is 9.62. The first-order valence-electron chi connectivity index (χ1n) is 5.14. The zero-order valence-corrected chi connectivity index (χ0v) is 8.06. The predicted molar refractivity (Wildman–Crippen MR) is 48.4 cm³/mol. The summed E-state index contributed by atoms with van der Waals surface area (Å²) in [6, 6.07) is 0. The molecule has 2 saturated carbocycles. The Morgan fingerprint density at radius 1 is 1.18 bits per heavy atom. The molecule has 0 nitrogen and oxygen atoms in total. The first-order valence-corrected chi connectivity index (χ1v) is 5.14. The van der Waals surface area contributed by atoms with E-state index in [4.69, 9.17) is 0 Å². The van der Waals surface area contributed by atoms with Crippen molar-refractivity contribution in [2.24, 2.45) is 23.2 Å². The number of hydrogen-bond donors (Lipinski definition) is 0. The van der Waals surface area contributed by atoms with E-state index in [1.807, 2.05) is 0 Å². The number of hydrogen-bond acceptors (Lipinski definition) is 0. The van der Waals surface area contributed by atoms with Gasteiger partial charge in [-0.15, -0.1) is 0 Å². The van der Waals surface area contributed by atoms with Crippen molar-refractivity contribution >= 4 is 0 Å². The van der Waals surface area contributed by atoms with Gasteiger partial charge in [0, 0.05) is 0 Å². The highest BCUT2D eigenvalue weighted by atomic mass is 14.6. The second-order valence-electron chi connectivity index (χ2n) is 5.14. The molecule has 3 atom stereocenters. The fraction of sp³-hybridized carbons (Fsp3) is 1.00. The van der Waals surface area contributed by atoms with Crippen molar-refractivity contribution < 1.29 is 0 Å². The van der Waals surface area contributed by atoms with E-state index in [2.05, 4.69) is 20.8 Å². The SMILES string of the molecule is CC(C)C1(C)CC[C@@H]2CC[C@@H]21. The summed E-state index contributed by atoms with van der Waals surface area (Å²) in [5.74, 6) is 3.13. The first kappa shape index (κ1) is 7.64. The molecule has 0 heterocycles. The quantitative estimate of drug-likeness (QED) is 0.539. The van der Waals surface area contributed by atoms with Crippen LogP contribution < -0.4 is 0 Å². The summed E-state index contributed by atoms with van der Waals surface area (Å²) in [6.45, 7) is 7.32. The second kappa shape index (κ2) is 2.24. The molecule has 0 bridgehead atoms. The maximum atomic E-state index is 2.52. The highest BCUT2D eigenvalue weighted by molar-refractivity contribution is 5.00. The normalized spacial score (nSPS) is 49.1. The average molecular weight is 152 g/mol. The minimum absolute atomic E-state index is 0.711. The van der Waals surface area contributed by atoms with E-state index >= 15 is 0 Å². The Balaban J connectivity index is 2.14. The Labute approximate surface area is 70.4 Å². The molecule has 0 aliphatic heterocycles. The van der Waals surface area contributed by atoms with Crippen LogP contribution >= 0.6 is 0 Å². The topological polar surface area (TPSA) is 0 Å². The average Bonchev–Trinajstić information content (AvgIpc) is 2.04. The molecule has 0 radical (unpaired) electrons. The lowest BCUT2D eigenvalue weighted by Gasteiger charge is -2.43. The standard InChI is InChI=1S/C11H20/c1-8(2)11(3)7-6-9-4-5-10(9)11/h8-10H,4-7H2,1-3H3/t9-,10-,11?/m0/s1. The van der Waals surface area contributed by atoms with Crippen LogP contribution in [0, 0.1) is 23.2 Å². The molecule has 2 aliphatic rings. The van der Waals surface area contributed by atoms with Gasteiger partial charge in [-0.25, -0.2) is 0 Å². The van der Waals surface area contributed by atoms with Gasteiger partial charge in [-0.2, -0.15) is 0 Å². The van der Waals surface area contributed by atoms with Crippen LogP contribution in [0.4, 0.5) is 0 Å². The lowest BCUT2D eigenvalue weighted by molar-refractivity contribution is 0.0589.